The summed E-state index contributed by atoms with van der Waals surface area (Å²) in [6.45, 7) is 1.41. The minimum Gasteiger partial charge on any atom is -0.497 e. The summed E-state index contributed by atoms with van der Waals surface area (Å²) in [7, 11) is 1.65. The molecule has 1 aliphatic rings. The average Bonchev–Trinajstić information content (AvgIpc) is 3.37. The van der Waals surface area contributed by atoms with Crippen molar-refractivity contribution in [2.75, 3.05) is 20.2 Å². The van der Waals surface area contributed by atoms with Gasteiger partial charge in [-0.3, -0.25) is 4.79 Å². The Labute approximate surface area is 203 Å². The number of hydrogen-bond donors (Lipinski definition) is 1. The van der Waals surface area contributed by atoms with Crippen molar-refractivity contribution in [3.05, 3.63) is 90.3 Å². The van der Waals surface area contributed by atoms with Crippen molar-refractivity contribution < 1.29 is 9.53 Å². The molecule has 1 saturated heterocycles. The number of H-pyrrole nitrogens is 1. The number of para-hydroxylation sites is 3. The highest BCUT2D eigenvalue weighted by Crippen LogP contribution is 2.31. The lowest BCUT2D eigenvalue weighted by Gasteiger charge is -2.31. The van der Waals surface area contributed by atoms with E-state index in [2.05, 4.69) is 11.1 Å². The SMILES string of the molecule is COc1ccc(-c2cc(C(=O)N3CCC(c4nc5ccccc5[nH]4)CC3)c3ccccc3n2)cc1. The van der Waals surface area contributed by atoms with E-state index in [4.69, 9.17) is 14.7 Å². The van der Waals surface area contributed by atoms with Crippen LogP contribution in [0.1, 0.15) is 34.9 Å². The number of benzene rings is 3. The molecule has 35 heavy (non-hydrogen) atoms. The average molecular weight is 463 g/mol. The molecule has 5 aromatic rings. The fourth-order valence-electron chi connectivity index (χ4n) is 4.95. The summed E-state index contributed by atoms with van der Waals surface area (Å²) >= 11 is 0. The molecule has 2 aromatic heterocycles. The summed E-state index contributed by atoms with van der Waals surface area (Å²) in [5, 5.41) is 0.883. The van der Waals surface area contributed by atoms with Gasteiger partial charge in [0.15, 0.2) is 0 Å². The number of nitrogens with one attached hydrogen (secondary N) is 1. The van der Waals surface area contributed by atoms with Gasteiger partial charge in [0.05, 0.1) is 34.9 Å². The fourth-order valence-corrected chi connectivity index (χ4v) is 4.95. The van der Waals surface area contributed by atoms with Crippen molar-refractivity contribution in [1.82, 2.24) is 19.9 Å². The second-order valence-electron chi connectivity index (χ2n) is 9.01. The first kappa shape index (κ1) is 21.4. The molecule has 6 nitrogen and oxygen atoms in total. The largest absolute Gasteiger partial charge is 0.497 e. The van der Waals surface area contributed by atoms with Crippen LogP contribution in [0.3, 0.4) is 0 Å². The number of rotatable bonds is 4. The molecular formula is C29H26N4O2. The van der Waals surface area contributed by atoms with Crippen molar-refractivity contribution in [2.45, 2.75) is 18.8 Å². The van der Waals surface area contributed by atoms with E-state index in [0.29, 0.717) is 24.6 Å². The highest BCUT2D eigenvalue weighted by atomic mass is 16.5. The first-order valence-corrected chi connectivity index (χ1v) is 12.0. The number of likely N-dealkylation sites (tertiary alicyclic amines) is 1. The van der Waals surface area contributed by atoms with E-state index in [0.717, 1.165) is 57.6 Å². The molecule has 3 aromatic carbocycles. The molecule has 0 radical (unpaired) electrons. The molecule has 0 atom stereocenters. The maximum absolute atomic E-state index is 13.7. The van der Waals surface area contributed by atoms with Crippen LogP contribution in [-0.2, 0) is 0 Å². The number of pyridine rings is 1. The van der Waals surface area contributed by atoms with Crippen LogP contribution in [0, 0.1) is 0 Å². The molecular weight excluding hydrogens is 436 g/mol. The lowest BCUT2D eigenvalue weighted by atomic mass is 9.95. The highest BCUT2D eigenvalue weighted by molar-refractivity contribution is 6.07. The van der Waals surface area contributed by atoms with Crippen LogP contribution in [0.15, 0.2) is 78.9 Å². The Hall–Kier alpha value is -4.19. The second kappa shape index (κ2) is 8.87. The van der Waals surface area contributed by atoms with Gasteiger partial charge in [0, 0.05) is 30.0 Å². The molecule has 0 bridgehead atoms. The topological polar surface area (TPSA) is 71.1 Å². The fraction of sp³-hybridized carbons (Fsp3) is 0.207. The summed E-state index contributed by atoms with van der Waals surface area (Å²) in [5.41, 5.74) is 5.32. The third kappa shape index (κ3) is 4.01. The smallest absolute Gasteiger partial charge is 0.254 e. The van der Waals surface area contributed by atoms with Crippen LogP contribution >= 0.6 is 0 Å². The zero-order valence-electron chi connectivity index (χ0n) is 19.6. The number of methoxy groups -OCH3 is 1. The van der Waals surface area contributed by atoms with Crippen LogP contribution in [0.2, 0.25) is 0 Å². The predicted octanol–water partition coefficient (Wildman–Crippen LogP) is 5.81. The standard InChI is InChI=1S/C29H26N4O2/c1-35-21-12-10-19(11-13-21)27-18-23(22-6-2-3-7-24(22)30-27)29(34)33-16-14-20(15-17-33)28-31-25-8-4-5-9-26(25)32-28/h2-13,18,20H,14-17H2,1H3,(H,31,32). The summed E-state index contributed by atoms with van der Waals surface area (Å²) in [6, 6.07) is 25.7. The van der Waals surface area contributed by atoms with Gasteiger partial charge in [0.2, 0.25) is 0 Å². The van der Waals surface area contributed by atoms with Gasteiger partial charge in [-0.25, -0.2) is 9.97 Å². The first-order valence-electron chi connectivity index (χ1n) is 12.0. The first-order chi connectivity index (χ1) is 17.2. The van der Waals surface area contributed by atoms with Crippen LogP contribution in [0.5, 0.6) is 5.75 Å². The molecule has 1 N–H and O–H groups in total. The van der Waals surface area contributed by atoms with Gasteiger partial charge < -0.3 is 14.6 Å². The molecule has 1 fully saturated rings. The van der Waals surface area contributed by atoms with Gasteiger partial charge in [0.1, 0.15) is 11.6 Å². The minimum atomic E-state index is 0.0569. The number of carbonyl (C=O) groups excluding carboxylic acids is 1. The van der Waals surface area contributed by atoms with E-state index in [-0.39, 0.29) is 5.91 Å². The normalized spacial score (nSPS) is 14.5. The van der Waals surface area contributed by atoms with Gasteiger partial charge in [-0.15, -0.1) is 0 Å². The maximum Gasteiger partial charge on any atom is 0.254 e. The Morgan fingerprint density at radius 3 is 2.37 bits per heavy atom. The van der Waals surface area contributed by atoms with Gasteiger partial charge >= 0.3 is 0 Å². The van der Waals surface area contributed by atoms with Gasteiger partial charge in [0.25, 0.3) is 5.91 Å². The Bertz CT molecular complexity index is 1480. The van der Waals surface area contributed by atoms with Crippen molar-refractivity contribution in [1.29, 1.82) is 0 Å². The van der Waals surface area contributed by atoms with E-state index in [1.54, 1.807) is 7.11 Å². The molecule has 1 amide bonds. The van der Waals surface area contributed by atoms with Crippen LogP contribution in [0.25, 0.3) is 33.2 Å². The summed E-state index contributed by atoms with van der Waals surface area (Å²) in [6.07, 6.45) is 1.78. The predicted molar refractivity (Wildman–Crippen MR) is 138 cm³/mol. The van der Waals surface area contributed by atoms with Crippen LogP contribution in [-0.4, -0.2) is 46.0 Å². The number of fused-ring (bicyclic) bond motifs is 2. The van der Waals surface area contributed by atoms with E-state index >= 15 is 0 Å². The Morgan fingerprint density at radius 1 is 0.914 bits per heavy atom. The molecule has 0 unspecified atom stereocenters. The van der Waals surface area contributed by atoms with Crippen molar-refractivity contribution >= 4 is 27.8 Å². The highest BCUT2D eigenvalue weighted by Gasteiger charge is 2.27. The summed E-state index contributed by atoms with van der Waals surface area (Å²) in [5.74, 6) is 2.20. The third-order valence-corrected chi connectivity index (χ3v) is 6.91. The lowest BCUT2D eigenvalue weighted by Crippen LogP contribution is -2.38. The molecule has 0 saturated carbocycles. The van der Waals surface area contributed by atoms with Crippen LogP contribution in [0.4, 0.5) is 0 Å². The zero-order valence-corrected chi connectivity index (χ0v) is 19.6. The number of hydrogen-bond acceptors (Lipinski definition) is 4. The lowest BCUT2D eigenvalue weighted by molar-refractivity contribution is 0.0713. The molecule has 3 heterocycles. The van der Waals surface area contributed by atoms with Crippen molar-refractivity contribution in [2.24, 2.45) is 0 Å². The molecule has 0 spiro atoms. The number of aromatic amines is 1. The molecule has 6 heteroatoms. The van der Waals surface area contributed by atoms with E-state index in [1.807, 2.05) is 77.7 Å². The van der Waals surface area contributed by atoms with E-state index in [1.165, 1.54) is 0 Å². The van der Waals surface area contributed by atoms with Crippen LogP contribution < -0.4 is 4.74 Å². The van der Waals surface area contributed by atoms with E-state index < -0.39 is 0 Å². The molecule has 174 valence electrons. The quantitative estimate of drug-likeness (QED) is 0.366. The Kier molecular flexibility index (Phi) is 5.41. The molecule has 6 rings (SSSR count). The number of nitrogens with zero attached hydrogens (tertiary/aromatic N) is 3. The number of aromatic nitrogens is 3. The Balaban J connectivity index is 1.27. The minimum absolute atomic E-state index is 0.0569. The third-order valence-electron chi connectivity index (χ3n) is 6.91. The number of ether oxygens (including phenoxy) is 1. The maximum atomic E-state index is 13.7. The van der Waals surface area contributed by atoms with Crippen molar-refractivity contribution in [3.63, 3.8) is 0 Å². The second-order valence-corrected chi connectivity index (χ2v) is 9.01. The molecule has 0 aliphatic carbocycles. The monoisotopic (exact) mass is 462 g/mol. The number of carbonyl (C=O) groups is 1. The number of piperidine rings is 1. The molecule has 1 aliphatic heterocycles. The van der Waals surface area contributed by atoms with E-state index in [9.17, 15) is 4.79 Å². The van der Waals surface area contributed by atoms with Gasteiger partial charge in [-0.2, -0.15) is 0 Å². The van der Waals surface area contributed by atoms with Gasteiger partial charge in [-0.05, 0) is 61.4 Å². The number of imidazole rings is 1. The summed E-state index contributed by atoms with van der Waals surface area (Å²) in [4.78, 5) is 28.8. The van der Waals surface area contributed by atoms with Gasteiger partial charge in [-0.1, -0.05) is 30.3 Å². The summed E-state index contributed by atoms with van der Waals surface area (Å²) < 4.78 is 5.29. The number of amides is 1. The Morgan fingerprint density at radius 2 is 1.63 bits per heavy atom. The zero-order chi connectivity index (χ0) is 23.8. The van der Waals surface area contributed by atoms with Crippen molar-refractivity contribution in [3.8, 4) is 17.0 Å².